The van der Waals surface area contributed by atoms with Crippen LogP contribution < -0.4 is 5.32 Å². The zero-order valence-electron chi connectivity index (χ0n) is 5.79. The van der Waals surface area contributed by atoms with Crippen molar-refractivity contribution in [2.45, 2.75) is 18.8 Å². The van der Waals surface area contributed by atoms with Crippen LogP contribution >= 0.6 is 0 Å². The number of alkyl halides is 4. The average molecular weight is 171 g/mol. The van der Waals surface area contributed by atoms with Gasteiger partial charge in [0.2, 0.25) is 0 Å². The molecule has 0 aromatic carbocycles. The normalized spacial score (nSPS) is 33.8. The van der Waals surface area contributed by atoms with Gasteiger partial charge in [-0.1, -0.05) is 0 Å². The molecule has 1 fully saturated rings. The lowest BCUT2D eigenvalue weighted by Crippen LogP contribution is -2.45. The van der Waals surface area contributed by atoms with Crippen LogP contribution in [0.15, 0.2) is 0 Å². The van der Waals surface area contributed by atoms with Crippen LogP contribution in [0.25, 0.3) is 0 Å². The number of rotatable bonds is 0. The van der Waals surface area contributed by atoms with E-state index in [1.165, 1.54) is 0 Å². The molecule has 1 N–H and O–H groups in total. The fourth-order valence-electron chi connectivity index (χ4n) is 1.15. The maximum atomic E-state index is 12.6. The Kier molecular flexibility index (Phi) is 2.37. The molecule has 0 aromatic rings. The number of halogens is 4. The highest BCUT2D eigenvalue weighted by molar-refractivity contribution is 4.82. The van der Waals surface area contributed by atoms with Crippen LogP contribution in [-0.2, 0) is 0 Å². The largest absolute Gasteiger partial charge is 0.395 e. The van der Waals surface area contributed by atoms with Crippen LogP contribution in [0.1, 0.15) is 6.42 Å². The number of nitrogens with one attached hydrogen (secondary N) is 1. The van der Waals surface area contributed by atoms with Gasteiger partial charge in [-0.2, -0.15) is 13.2 Å². The van der Waals surface area contributed by atoms with Crippen molar-refractivity contribution < 1.29 is 17.6 Å². The molecule has 1 rings (SSSR count). The van der Waals surface area contributed by atoms with Gasteiger partial charge >= 0.3 is 6.18 Å². The molecule has 0 radical (unpaired) electrons. The molecule has 1 heterocycles. The average Bonchev–Trinajstić information content (AvgIpc) is 1.86. The van der Waals surface area contributed by atoms with Crippen LogP contribution in [0.4, 0.5) is 17.6 Å². The monoisotopic (exact) mass is 171 g/mol. The zero-order valence-corrected chi connectivity index (χ0v) is 5.79. The predicted octanol–water partition coefficient (Wildman–Crippen LogP) is 1.50. The Morgan fingerprint density at radius 3 is 2.27 bits per heavy atom. The van der Waals surface area contributed by atoms with Crippen LogP contribution in [0, 0.1) is 5.92 Å². The molecule has 0 saturated carbocycles. The molecule has 1 aliphatic rings. The summed E-state index contributed by atoms with van der Waals surface area (Å²) in [5.74, 6) is -1.81. The molecular weight excluding hydrogens is 162 g/mol. The second kappa shape index (κ2) is 2.97. The minimum absolute atomic E-state index is 0.0375. The molecule has 2 unspecified atom stereocenters. The summed E-state index contributed by atoms with van der Waals surface area (Å²) in [5.41, 5.74) is 0. The first kappa shape index (κ1) is 8.77. The highest BCUT2D eigenvalue weighted by Gasteiger charge is 2.45. The third-order valence-electron chi connectivity index (χ3n) is 1.82. The van der Waals surface area contributed by atoms with Gasteiger partial charge in [-0.3, -0.25) is 0 Å². The fraction of sp³-hybridized carbons (Fsp3) is 1.00. The molecule has 0 aliphatic carbocycles. The lowest BCUT2D eigenvalue weighted by Gasteiger charge is -2.28. The van der Waals surface area contributed by atoms with Gasteiger partial charge in [-0.15, -0.1) is 0 Å². The third kappa shape index (κ3) is 2.05. The van der Waals surface area contributed by atoms with Gasteiger partial charge in [0.15, 0.2) is 0 Å². The Balaban J connectivity index is 2.55. The quantitative estimate of drug-likeness (QED) is 0.544. The van der Waals surface area contributed by atoms with Gasteiger partial charge in [0.05, 0.1) is 5.92 Å². The number of piperidine rings is 1. The molecule has 2 atom stereocenters. The van der Waals surface area contributed by atoms with Gasteiger partial charge < -0.3 is 5.32 Å². The molecule has 5 heteroatoms. The van der Waals surface area contributed by atoms with Crippen molar-refractivity contribution >= 4 is 0 Å². The summed E-state index contributed by atoms with van der Waals surface area (Å²) in [6.45, 7) is 0.0540. The van der Waals surface area contributed by atoms with Crippen molar-refractivity contribution in [2.24, 2.45) is 5.92 Å². The Bertz CT molecular complexity index is 133. The summed E-state index contributed by atoms with van der Waals surface area (Å²) in [7, 11) is 0. The Morgan fingerprint density at radius 1 is 1.27 bits per heavy atom. The van der Waals surface area contributed by atoms with E-state index in [0.717, 1.165) is 0 Å². The van der Waals surface area contributed by atoms with Crippen molar-refractivity contribution in [3.05, 3.63) is 0 Å². The SMILES string of the molecule is FC1CCNCC1C(F)(F)F. The van der Waals surface area contributed by atoms with E-state index in [4.69, 9.17) is 0 Å². The summed E-state index contributed by atoms with van der Waals surface area (Å²) in [6, 6.07) is 0. The standard InChI is InChI=1S/C6H9F4N/c7-5-1-2-11-3-4(5)6(8,9)10/h4-5,11H,1-3H2. The maximum Gasteiger partial charge on any atom is 0.395 e. The third-order valence-corrected chi connectivity index (χ3v) is 1.82. The molecule has 0 aromatic heterocycles. The zero-order chi connectivity index (χ0) is 8.48. The summed E-state index contributed by atoms with van der Waals surface area (Å²) in [5, 5.41) is 2.51. The van der Waals surface area contributed by atoms with Crippen molar-refractivity contribution in [3.63, 3.8) is 0 Å². The highest BCUT2D eigenvalue weighted by Crippen LogP contribution is 2.32. The molecule has 0 spiro atoms. The van der Waals surface area contributed by atoms with E-state index in [9.17, 15) is 17.6 Å². The van der Waals surface area contributed by atoms with E-state index in [-0.39, 0.29) is 13.0 Å². The molecule has 0 amide bonds. The number of hydrogen-bond acceptors (Lipinski definition) is 1. The van der Waals surface area contributed by atoms with Crippen molar-refractivity contribution in [2.75, 3.05) is 13.1 Å². The van der Waals surface area contributed by atoms with Crippen LogP contribution in [0.5, 0.6) is 0 Å². The van der Waals surface area contributed by atoms with Gasteiger partial charge in [0, 0.05) is 6.54 Å². The highest BCUT2D eigenvalue weighted by atomic mass is 19.4. The molecule has 1 saturated heterocycles. The molecule has 11 heavy (non-hydrogen) atoms. The van der Waals surface area contributed by atoms with E-state index < -0.39 is 18.3 Å². The minimum Gasteiger partial charge on any atom is -0.316 e. The van der Waals surface area contributed by atoms with Crippen LogP contribution in [0.2, 0.25) is 0 Å². The smallest absolute Gasteiger partial charge is 0.316 e. The van der Waals surface area contributed by atoms with E-state index in [1.807, 2.05) is 0 Å². The molecular formula is C6H9F4N. The summed E-state index contributed by atoms with van der Waals surface area (Å²) >= 11 is 0. The van der Waals surface area contributed by atoms with Crippen molar-refractivity contribution in [3.8, 4) is 0 Å². The molecule has 1 aliphatic heterocycles. The lowest BCUT2D eigenvalue weighted by atomic mass is 9.97. The second-order valence-corrected chi connectivity index (χ2v) is 2.66. The predicted molar refractivity (Wildman–Crippen MR) is 31.9 cm³/mol. The Labute approximate surface area is 61.8 Å². The molecule has 1 nitrogen and oxygen atoms in total. The van der Waals surface area contributed by atoms with Crippen LogP contribution in [0.3, 0.4) is 0 Å². The first-order valence-electron chi connectivity index (χ1n) is 3.43. The lowest BCUT2D eigenvalue weighted by molar-refractivity contribution is -0.193. The topological polar surface area (TPSA) is 12.0 Å². The van der Waals surface area contributed by atoms with Gasteiger partial charge in [-0.25, -0.2) is 4.39 Å². The minimum atomic E-state index is -4.40. The first-order valence-corrected chi connectivity index (χ1v) is 3.43. The van der Waals surface area contributed by atoms with E-state index in [2.05, 4.69) is 5.32 Å². The summed E-state index contributed by atoms with van der Waals surface area (Å²) in [4.78, 5) is 0. The van der Waals surface area contributed by atoms with Crippen LogP contribution in [-0.4, -0.2) is 25.4 Å². The van der Waals surface area contributed by atoms with Gasteiger partial charge in [-0.05, 0) is 13.0 Å². The van der Waals surface area contributed by atoms with Gasteiger partial charge in [0.25, 0.3) is 0 Å². The van der Waals surface area contributed by atoms with Crippen molar-refractivity contribution in [1.82, 2.24) is 5.32 Å². The Hall–Kier alpha value is -0.320. The second-order valence-electron chi connectivity index (χ2n) is 2.66. The van der Waals surface area contributed by atoms with E-state index in [0.29, 0.717) is 6.54 Å². The summed E-state index contributed by atoms with van der Waals surface area (Å²) < 4.78 is 48.3. The summed E-state index contributed by atoms with van der Waals surface area (Å²) in [6.07, 6.45) is -6.16. The molecule has 0 bridgehead atoms. The van der Waals surface area contributed by atoms with E-state index >= 15 is 0 Å². The fourth-order valence-corrected chi connectivity index (χ4v) is 1.15. The van der Waals surface area contributed by atoms with Crippen molar-refractivity contribution in [1.29, 1.82) is 0 Å². The molecule has 66 valence electrons. The number of hydrogen-bond donors (Lipinski definition) is 1. The van der Waals surface area contributed by atoms with Gasteiger partial charge in [0.1, 0.15) is 6.17 Å². The van der Waals surface area contributed by atoms with E-state index in [1.54, 1.807) is 0 Å². The first-order chi connectivity index (χ1) is 5.02. The Morgan fingerprint density at radius 2 is 1.91 bits per heavy atom. The maximum absolute atomic E-state index is 12.6.